The second kappa shape index (κ2) is 15.0. The molecule has 0 N–H and O–H groups in total. The van der Waals surface area contributed by atoms with Crippen LogP contribution in [0.1, 0.15) is 99.9 Å². The van der Waals surface area contributed by atoms with E-state index in [2.05, 4.69) is 260 Å². The maximum atomic E-state index is 7.27. The molecule has 1 heterocycles. The van der Waals surface area contributed by atoms with Crippen LogP contribution in [0.3, 0.4) is 0 Å². The van der Waals surface area contributed by atoms with Gasteiger partial charge in [0.2, 0.25) is 0 Å². The molecule has 0 unspecified atom stereocenters. The fraction of sp³-hybridized carbons (Fsp3) is 0.182. The first-order valence-corrected chi connectivity index (χ1v) is 24.3. The minimum atomic E-state index is -0.528. The van der Waals surface area contributed by atoms with E-state index in [1.54, 1.807) is 0 Å². The Bertz CT molecular complexity index is 3550. The monoisotopic (exact) mass is 879 g/mol. The third-order valence-corrected chi connectivity index (χ3v) is 15.2. The van der Waals surface area contributed by atoms with E-state index in [-0.39, 0.29) is 16.2 Å². The summed E-state index contributed by atoms with van der Waals surface area (Å²) in [4.78, 5) is 2.46. The summed E-state index contributed by atoms with van der Waals surface area (Å²) in [6.45, 7) is 18.6. The minimum Gasteiger partial charge on any atom is -0.455 e. The minimum absolute atomic E-state index is 0.0106. The molecule has 0 atom stereocenters. The van der Waals surface area contributed by atoms with E-state index in [0.717, 1.165) is 28.2 Å². The number of rotatable bonds is 6. The molecular weight excluding hydrogens is 823 g/mol. The van der Waals surface area contributed by atoms with Crippen LogP contribution >= 0.6 is 0 Å². The Balaban J connectivity index is 1.10. The van der Waals surface area contributed by atoms with Crippen LogP contribution in [0, 0.1) is 0 Å². The molecule has 1 aromatic heterocycles. The molecule has 0 fully saturated rings. The molecule has 2 nitrogen and oxygen atoms in total. The van der Waals surface area contributed by atoms with Gasteiger partial charge in [-0.05, 0) is 120 Å². The summed E-state index contributed by atoms with van der Waals surface area (Å²) >= 11 is 0. The number of furan rings is 1. The number of anilines is 3. The molecule has 0 aliphatic heterocycles. The molecule has 9 aromatic carbocycles. The molecule has 12 rings (SSSR count). The zero-order chi connectivity index (χ0) is 46.7. The van der Waals surface area contributed by atoms with E-state index < -0.39 is 5.41 Å². The lowest BCUT2D eigenvalue weighted by molar-refractivity contribution is 0.559. The van der Waals surface area contributed by atoms with Crippen LogP contribution in [0.5, 0.6) is 0 Å². The van der Waals surface area contributed by atoms with Crippen LogP contribution < -0.4 is 4.90 Å². The number of hydrogen-bond donors (Lipinski definition) is 0. The zero-order valence-corrected chi connectivity index (χ0v) is 40.4. The van der Waals surface area contributed by atoms with Crippen molar-refractivity contribution in [3.8, 4) is 33.4 Å². The third-order valence-electron chi connectivity index (χ3n) is 15.2. The maximum absolute atomic E-state index is 7.27. The Morgan fingerprint density at radius 1 is 0.397 bits per heavy atom. The molecule has 0 spiro atoms. The molecule has 0 saturated carbocycles. The second-order valence-corrected chi connectivity index (χ2v) is 21.7. The van der Waals surface area contributed by atoms with Crippen molar-refractivity contribution in [1.82, 2.24) is 0 Å². The SMILES string of the molecule is CC(C)(C)c1cc(C(C)(C)C)c2oc3c4c(ccc3c2c1)C(C)(C)c1ccc(N(c2ccc(-c3ccccc3)cc2)c2cccc(C3(c5ccccc5)c5ccccc5-c5ccccc53)c2)cc1-4. The molecule has 2 heteroatoms. The van der Waals surface area contributed by atoms with Crippen molar-refractivity contribution in [3.05, 3.63) is 245 Å². The molecule has 10 aromatic rings. The quantitative estimate of drug-likeness (QED) is 0.165. The highest BCUT2D eigenvalue weighted by molar-refractivity contribution is 6.13. The van der Waals surface area contributed by atoms with E-state index in [9.17, 15) is 0 Å². The number of fused-ring (bicyclic) bond motifs is 10. The highest BCUT2D eigenvalue weighted by Gasteiger charge is 2.46. The summed E-state index contributed by atoms with van der Waals surface area (Å²) in [6.07, 6.45) is 0. The Kier molecular flexibility index (Phi) is 9.29. The molecule has 68 heavy (non-hydrogen) atoms. The van der Waals surface area contributed by atoms with Gasteiger partial charge in [-0.3, -0.25) is 0 Å². The lowest BCUT2D eigenvalue weighted by Crippen LogP contribution is -2.28. The van der Waals surface area contributed by atoms with Crippen LogP contribution in [0.25, 0.3) is 55.3 Å². The van der Waals surface area contributed by atoms with E-state index in [4.69, 9.17) is 4.42 Å². The Morgan fingerprint density at radius 3 is 1.63 bits per heavy atom. The van der Waals surface area contributed by atoms with Gasteiger partial charge in [0.25, 0.3) is 0 Å². The van der Waals surface area contributed by atoms with Gasteiger partial charge in [0, 0.05) is 44.4 Å². The maximum Gasteiger partial charge on any atom is 0.143 e. The van der Waals surface area contributed by atoms with Gasteiger partial charge in [-0.1, -0.05) is 213 Å². The lowest BCUT2D eigenvalue weighted by atomic mass is 9.67. The van der Waals surface area contributed by atoms with Crippen molar-refractivity contribution < 1.29 is 4.42 Å². The summed E-state index contributed by atoms with van der Waals surface area (Å²) in [6, 6.07) is 74.8. The normalized spacial score (nSPS) is 14.4. The van der Waals surface area contributed by atoms with Crippen molar-refractivity contribution in [1.29, 1.82) is 0 Å². The van der Waals surface area contributed by atoms with Gasteiger partial charge in [-0.2, -0.15) is 0 Å². The smallest absolute Gasteiger partial charge is 0.143 e. The highest BCUT2D eigenvalue weighted by Crippen LogP contribution is 2.58. The molecule has 0 amide bonds. The fourth-order valence-corrected chi connectivity index (χ4v) is 11.8. The molecular formula is C66H57NO. The summed E-state index contributed by atoms with van der Waals surface area (Å²) < 4.78 is 7.27. The molecule has 0 radical (unpaired) electrons. The van der Waals surface area contributed by atoms with Gasteiger partial charge in [0.15, 0.2) is 0 Å². The summed E-state index contributed by atoms with van der Waals surface area (Å²) in [5.41, 5.74) is 22.0. The topological polar surface area (TPSA) is 16.4 Å². The van der Waals surface area contributed by atoms with Gasteiger partial charge >= 0.3 is 0 Å². The summed E-state index contributed by atoms with van der Waals surface area (Å²) in [7, 11) is 0. The molecule has 2 aliphatic rings. The largest absolute Gasteiger partial charge is 0.455 e. The van der Waals surface area contributed by atoms with E-state index in [0.29, 0.717) is 0 Å². The number of nitrogens with zero attached hydrogens (tertiary/aromatic N) is 1. The van der Waals surface area contributed by atoms with E-state index in [1.165, 1.54) is 88.7 Å². The Hall–Kier alpha value is -7.42. The van der Waals surface area contributed by atoms with Gasteiger partial charge in [-0.25, -0.2) is 0 Å². The van der Waals surface area contributed by atoms with Gasteiger partial charge < -0.3 is 9.32 Å². The van der Waals surface area contributed by atoms with Crippen molar-refractivity contribution >= 4 is 39.0 Å². The average molecular weight is 880 g/mol. The van der Waals surface area contributed by atoms with Crippen LogP contribution in [-0.4, -0.2) is 0 Å². The number of benzene rings is 9. The van der Waals surface area contributed by atoms with Crippen LogP contribution in [0.4, 0.5) is 17.1 Å². The van der Waals surface area contributed by atoms with Crippen LogP contribution in [-0.2, 0) is 21.7 Å². The van der Waals surface area contributed by atoms with E-state index >= 15 is 0 Å². The van der Waals surface area contributed by atoms with Crippen molar-refractivity contribution in [2.24, 2.45) is 0 Å². The third kappa shape index (κ3) is 6.23. The first kappa shape index (κ1) is 42.0. The van der Waals surface area contributed by atoms with Gasteiger partial charge in [-0.15, -0.1) is 0 Å². The lowest BCUT2D eigenvalue weighted by Gasteiger charge is -2.35. The molecule has 2 aliphatic carbocycles. The van der Waals surface area contributed by atoms with Crippen molar-refractivity contribution in [2.45, 2.75) is 77.0 Å². The molecule has 0 saturated heterocycles. The van der Waals surface area contributed by atoms with Crippen LogP contribution in [0.2, 0.25) is 0 Å². The summed E-state index contributed by atoms with van der Waals surface area (Å²) in [5, 5.41) is 2.37. The predicted molar refractivity (Wildman–Crippen MR) is 286 cm³/mol. The van der Waals surface area contributed by atoms with Crippen LogP contribution in [0.15, 0.2) is 205 Å². The van der Waals surface area contributed by atoms with Gasteiger partial charge in [0.05, 0.1) is 5.41 Å². The highest BCUT2D eigenvalue weighted by atomic mass is 16.3. The van der Waals surface area contributed by atoms with Crippen molar-refractivity contribution in [3.63, 3.8) is 0 Å². The Morgan fingerprint density at radius 2 is 0.971 bits per heavy atom. The molecule has 0 bridgehead atoms. The Labute approximate surface area is 401 Å². The van der Waals surface area contributed by atoms with Crippen molar-refractivity contribution in [2.75, 3.05) is 4.90 Å². The summed E-state index contributed by atoms with van der Waals surface area (Å²) in [5.74, 6) is 0. The zero-order valence-electron chi connectivity index (χ0n) is 40.4. The average Bonchev–Trinajstić information content (AvgIpc) is 3.95. The standard InChI is InChI=1S/C66H57NO/c1-63(2,3)46-39-53-52-35-37-58-60(62(52)68-61(53)59(40-46)64(4,5)6)54-41-49(34-36-55(54)65(58,7)8)67(47-32-30-43(31-33-47)42-20-11-9-12-21-42)48-25-19-24-45(38-48)66(44-22-13-10-14-23-44)56-28-17-15-26-50(56)51-27-16-18-29-57(51)66/h9-41H,1-8H3. The van der Waals surface area contributed by atoms with Gasteiger partial charge in [0.1, 0.15) is 11.2 Å². The number of hydrogen-bond acceptors (Lipinski definition) is 2. The first-order chi connectivity index (χ1) is 32.7. The second-order valence-electron chi connectivity index (χ2n) is 21.7. The molecule has 332 valence electrons. The van der Waals surface area contributed by atoms with E-state index in [1.807, 2.05) is 0 Å². The first-order valence-electron chi connectivity index (χ1n) is 24.3. The fourth-order valence-electron chi connectivity index (χ4n) is 11.8. The predicted octanol–water partition coefficient (Wildman–Crippen LogP) is 18.0.